The Balaban J connectivity index is 1.76. The fourth-order valence-electron chi connectivity index (χ4n) is 2.46. The van der Waals surface area contributed by atoms with Crippen LogP contribution in [0.1, 0.15) is 11.1 Å². The number of nitrogens with zero attached hydrogens (tertiary/aromatic N) is 1. The average molecular weight is 260 g/mol. The van der Waals surface area contributed by atoms with Crippen LogP contribution in [0.4, 0.5) is 11.5 Å². The van der Waals surface area contributed by atoms with Gasteiger partial charge in [0.2, 0.25) is 0 Å². The molecule has 0 fully saturated rings. The Morgan fingerprint density at radius 2 is 1.83 bits per heavy atom. The number of pyridine rings is 1. The second-order valence-electron chi connectivity index (χ2n) is 4.63. The summed E-state index contributed by atoms with van der Waals surface area (Å²) >= 11 is 5.89. The number of nitrogens with two attached hydrogens (primary N) is 1. The van der Waals surface area contributed by atoms with Crippen molar-refractivity contribution >= 4 is 23.1 Å². The molecule has 18 heavy (non-hydrogen) atoms. The molecule has 1 aliphatic rings. The summed E-state index contributed by atoms with van der Waals surface area (Å²) in [6.45, 7) is 0. The molecule has 4 heteroatoms. The zero-order chi connectivity index (χ0) is 12.5. The molecule has 0 aliphatic heterocycles. The molecule has 1 heterocycles. The highest BCUT2D eigenvalue weighted by molar-refractivity contribution is 6.29. The Hall–Kier alpha value is -1.74. The summed E-state index contributed by atoms with van der Waals surface area (Å²) < 4.78 is 0. The Morgan fingerprint density at radius 1 is 1.17 bits per heavy atom. The second kappa shape index (κ2) is 4.50. The fourth-order valence-corrected chi connectivity index (χ4v) is 2.68. The van der Waals surface area contributed by atoms with Gasteiger partial charge in [0.15, 0.2) is 0 Å². The Morgan fingerprint density at radius 3 is 2.44 bits per heavy atom. The third-order valence-corrected chi connectivity index (χ3v) is 3.41. The number of nitrogens with one attached hydrogen (secondary N) is 1. The highest BCUT2D eigenvalue weighted by atomic mass is 35.5. The van der Waals surface area contributed by atoms with Gasteiger partial charge in [-0.05, 0) is 30.0 Å². The predicted molar refractivity (Wildman–Crippen MR) is 74.9 cm³/mol. The number of halogens is 1. The minimum absolute atomic E-state index is 0.368. The Labute approximate surface area is 111 Å². The highest BCUT2D eigenvalue weighted by Crippen LogP contribution is 2.25. The van der Waals surface area contributed by atoms with Gasteiger partial charge in [0, 0.05) is 17.8 Å². The lowest BCUT2D eigenvalue weighted by atomic mass is 10.1. The van der Waals surface area contributed by atoms with Crippen LogP contribution in [0.15, 0.2) is 36.4 Å². The van der Waals surface area contributed by atoms with Crippen LogP contribution in [0.25, 0.3) is 0 Å². The second-order valence-corrected chi connectivity index (χ2v) is 5.01. The molecule has 1 aromatic heterocycles. The molecule has 0 saturated carbocycles. The van der Waals surface area contributed by atoms with Crippen molar-refractivity contribution in [2.75, 3.05) is 11.1 Å². The Bertz CT molecular complexity index is 538. The summed E-state index contributed by atoms with van der Waals surface area (Å²) in [5.41, 5.74) is 9.20. The van der Waals surface area contributed by atoms with E-state index in [9.17, 15) is 0 Å². The predicted octanol–water partition coefficient (Wildman–Crippen LogP) is 2.90. The first-order valence-corrected chi connectivity index (χ1v) is 6.35. The standard InChI is InChI=1S/C14H14ClN3/c15-13-7-11(16)8-14(18-13)17-12-5-9-3-1-2-4-10(9)6-12/h1-4,7-8,12H,5-6H2,(H3,16,17,18). The van der Waals surface area contributed by atoms with Gasteiger partial charge in [0.1, 0.15) is 11.0 Å². The van der Waals surface area contributed by atoms with Gasteiger partial charge in [-0.1, -0.05) is 35.9 Å². The number of nitrogen functional groups attached to an aromatic ring is 1. The molecule has 3 rings (SSSR count). The van der Waals surface area contributed by atoms with Crippen molar-refractivity contribution in [1.82, 2.24) is 4.98 Å². The lowest BCUT2D eigenvalue weighted by Gasteiger charge is -2.13. The van der Waals surface area contributed by atoms with Crippen LogP contribution in [0.5, 0.6) is 0 Å². The average Bonchev–Trinajstić information content (AvgIpc) is 2.69. The maximum absolute atomic E-state index is 5.89. The molecule has 0 unspecified atom stereocenters. The SMILES string of the molecule is Nc1cc(Cl)nc(NC2Cc3ccccc3C2)c1. The lowest BCUT2D eigenvalue weighted by Crippen LogP contribution is -2.20. The van der Waals surface area contributed by atoms with Crippen LogP contribution in [0.3, 0.4) is 0 Å². The first-order chi connectivity index (χ1) is 8.70. The number of rotatable bonds is 2. The molecule has 0 bridgehead atoms. The van der Waals surface area contributed by atoms with E-state index in [0.717, 1.165) is 18.7 Å². The molecule has 3 nitrogen and oxygen atoms in total. The number of aromatic nitrogens is 1. The quantitative estimate of drug-likeness (QED) is 0.816. The van der Waals surface area contributed by atoms with Crippen molar-refractivity contribution in [3.63, 3.8) is 0 Å². The van der Waals surface area contributed by atoms with Crippen molar-refractivity contribution < 1.29 is 0 Å². The van der Waals surface area contributed by atoms with Crippen LogP contribution >= 0.6 is 11.6 Å². The first kappa shape index (κ1) is 11.4. The van der Waals surface area contributed by atoms with Gasteiger partial charge in [0.25, 0.3) is 0 Å². The largest absolute Gasteiger partial charge is 0.399 e. The minimum atomic E-state index is 0.368. The summed E-state index contributed by atoms with van der Waals surface area (Å²) in [6.07, 6.45) is 2.04. The van der Waals surface area contributed by atoms with Crippen LogP contribution in [0, 0.1) is 0 Å². The van der Waals surface area contributed by atoms with E-state index in [4.69, 9.17) is 17.3 Å². The molecule has 0 amide bonds. The van der Waals surface area contributed by atoms with Crippen LogP contribution < -0.4 is 11.1 Å². The van der Waals surface area contributed by atoms with Gasteiger partial charge in [0.05, 0.1) is 0 Å². The van der Waals surface area contributed by atoms with Gasteiger partial charge in [-0.15, -0.1) is 0 Å². The fraction of sp³-hybridized carbons (Fsp3) is 0.214. The van der Waals surface area contributed by atoms with Crippen LogP contribution in [0.2, 0.25) is 5.15 Å². The molecular formula is C14H14ClN3. The number of benzene rings is 1. The van der Waals surface area contributed by atoms with E-state index in [1.165, 1.54) is 11.1 Å². The molecule has 3 N–H and O–H groups in total. The summed E-state index contributed by atoms with van der Waals surface area (Å²) in [4.78, 5) is 4.23. The van der Waals surface area contributed by atoms with E-state index >= 15 is 0 Å². The maximum Gasteiger partial charge on any atom is 0.133 e. The Kier molecular flexibility index (Phi) is 2.84. The minimum Gasteiger partial charge on any atom is -0.399 e. The summed E-state index contributed by atoms with van der Waals surface area (Å²) in [5, 5.41) is 3.82. The van der Waals surface area contributed by atoms with E-state index in [1.807, 2.05) is 6.07 Å². The zero-order valence-electron chi connectivity index (χ0n) is 9.86. The van der Waals surface area contributed by atoms with E-state index in [1.54, 1.807) is 6.07 Å². The maximum atomic E-state index is 5.89. The van der Waals surface area contributed by atoms with Gasteiger partial charge in [-0.25, -0.2) is 4.98 Å². The normalized spacial score (nSPS) is 14.5. The van der Waals surface area contributed by atoms with Gasteiger partial charge in [-0.3, -0.25) is 0 Å². The third-order valence-electron chi connectivity index (χ3n) is 3.22. The molecule has 2 aromatic rings. The smallest absolute Gasteiger partial charge is 0.133 e. The van der Waals surface area contributed by atoms with Crippen molar-refractivity contribution in [3.05, 3.63) is 52.7 Å². The molecule has 1 aliphatic carbocycles. The lowest BCUT2D eigenvalue weighted by molar-refractivity contribution is 0.769. The summed E-state index contributed by atoms with van der Waals surface area (Å²) in [6, 6.07) is 12.3. The zero-order valence-corrected chi connectivity index (χ0v) is 10.6. The third kappa shape index (κ3) is 2.27. The van der Waals surface area contributed by atoms with Crippen LogP contribution in [-0.4, -0.2) is 11.0 Å². The van der Waals surface area contributed by atoms with Gasteiger partial charge >= 0.3 is 0 Å². The van der Waals surface area contributed by atoms with E-state index < -0.39 is 0 Å². The monoisotopic (exact) mass is 259 g/mol. The molecule has 0 atom stereocenters. The molecule has 1 aromatic carbocycles. The van der Waals surface area contributed by atoms with Crippen molar-refractivity contribution in [2.45, 2.75) is 18.9 Å². The van der Waals surface area contributed by atoms with Crippen molar-refractivity contribution in [1.29, 1.82) is 0 Å². The number of hydrogen-bond donors (Lipinski definition) is 2. The molecule has 0 saturated heterocycles. The number of hydrogen-bond acceptors (Lipinski definition) is 3. The number of fused-ring (bicyclic) bond motifs is 1. The molecule has 92 valence electrons. The molecular weight excluding hydrogens is 246 g/mol. The summed E-state index contributed by atoms with van der Waals surface area (Å²) in [7, 11) is 0. The van der Waals surface area contributed by atoms with E-state index in [-0.39, 0.29) is 0 Å². The van der Waals surface area contributed by atoms with Gasteiger partial charge < -0.3 is 11.1 Å². The summed E-state index contributed by atoms with van der Waals surface area (Å²) in [5.74, 6) is 0.748. The first-order valence-electron chi connectivity index (χ1n) is 5.97. The molecule has 0 radical (unpaired) electrons. The number of anilines is 2. The van der Waals surface area contributed by atoms with Gasteiger partial charge in [-0.2, -0.15) is 0 Å². The van der Waals surface area contributed by atoms with Crippen molar-refractivity contribution in [2.24, 2.45) is 0 Å². The van der Waals surface area contributed by atoms with Crippen molar-refractivity contribution in [3.8, 4) is 0 Å². The van der Waals surface area contributed by atoms with E-state index in [0.29, 0.717) is 16.9 Å². The topological polar surface area (TPSA) is 50.9 Å². The van der Waals surface area contributed by atoms with E-state index in [2.05, 4.69) is 34.6 Å². The van der Waals surface area contributed by atoms with Crippen LogP contribution in [-0.2, 0) is 12.8 Å². The molecule has 0 spiro atoms. The highest BCUT2D eigenvalue weighted by Gasteiger charge is 2.20.